The van der Waals surface area contributed by atoms with E-state index >= 15 is 0 Å². The van der Waals surface area contributed by atoms with Crippen molar-refractivity contribution in [3.8, 4) is 0 Å². The van der Waals surface area contributed by atoms with Crippen LogP contribution in [0.1, 0.15) is 12.8 Å². The first-order valence-electron chi connectivity index (χ1n) is 9.77. The van der Waals surface area contributed by atoms with E-state index in [4.69, 9.17) is 0 Å². The molecule has 27 heavy (non-hydrogen) atoms. The molecule has 0 radical (unpaired) electrons. The van der Waals surface area contributed by atoms with Gasteiger partial charge in [0.05, 0.1) is 6.54 Å². The molecule has 1 unspecified atom stereocenters. The summed E-state index contributed by atoms with van der Waals surface area (Å²) in [5, 5.41) is 6.60. The van der Waals surface area contributed by atoms with Gasteiger partial charge < -0.3 is 15.5 Å². The van der Waals surface area contributed by atoms with Gasteiger partial charge in [-0.15, -0.1) is 0 Å². The van der Waals surface area contributed by atoms with E-state index in [9.17, 15) is 4.79 Å². The highest BCUT2D eigenvalue weighted by Gasteiger charge is 2.23. The fraction of sp³-hybridized carbons (Fsp3) is 0.409. The van der Waals surface area contributed by atoms with Crippen molar-refractivity contribution in [2.75, 3.05) is 50.0 Å². The van der Waals surface area contributed by atoms with Crippen molar-refractivity contribution in [1.82, 2.24) is 10.2 Å². The van der Waals surface area contributed by atoms with E-state index in [1.165, 1.54) is 5.69 Å². The Hall–Kier alpha value is -2.53. The molecule has 0 spiro atoms. The normalized spacial score (nSPS) is 16.9. The Morgan fingerprint density at radius 1 is 1.11 bits per heavy atom. The summed E-state index contributed by atoms with van der Waals surface area (Å²) in [6.45, 7) is 4.02. The molecule has 1 heterocycles. The van der Waals surface area contributed by atoms with Gasteiger partial charge in [0, 0.05) is 50.6 Å². The topological polar surface area (TPSA) is 47.6 Å². The van der Waals surface area contributed by atoms with Crippen LogP contribution in [-0.4, -0.2) is 56.6 Å². The molecule has 0 saturated carbocycles. The van der Waals surface area contributed by atoms with E-state index in [0.717, 1.165) is 44.7 Å². The zero-order chi connectivity index (χ0) is 18.9. The summed E-state index contributed by atoms with van der Waals surface area (Å²) < 4.78 is 0. The van der Waals surface area contributed by atoms with Crippen molar-refractivity contribution in [3.05, 3.63) is 60.7 Å². The molecular formula is C22H30N4O. The number of likely N-dealkylation sites (tertiary alicyclic amines) is 1. The van der Waals surface area contributed by atoms with Crippen LogP contribution in [0.3, 0.4) is 0 Å². The molecule has 2 aromatic carbocycles. The van der Waals surface area contributed by atoms with Crippen molar-refractivity contribution in [2.24, 2.45) is 0 Å². The maximum atomic E-state index is 12.2. The molecule has 1 aliphatic heterocycles. The van der Waals surface area contributed by atoms with Gasteiger partial charge in [-0.3, -0.25) is 9.69 Å². The molecule has 2 N–H and O–H groups in total. The number of hydrogen-bond acceptors (Lipinski definition) is 4. The third kappa shape index (κ3) is 6.29. The molecule has 0 aromatic heterocycles. The largest absolute Gasteiger partial charge is 0.381 e. The minimum Gasteiger partial charge on any atom is -0.381 e. The van der Waals surface area contributed by atoms with Crippen LogP contribution in [0.15, 0.2) is 60.7 Å². The third-order valence-corrected chi connectivity index (χ3v) is 4.97. The lowest BCUT2D eigenvalue weighted by molar-refractivity contribution is -0.122. The molecule has 5 nitrogen and oxygen atoms in total. The van der Waals surface area contributed by atoms with Crippen molar-refractivity contribution in [3.63, 3.8) is 0 Å². The van der Waals surface area contributed by atoms with Gasteiger partial charge in [-0.25, -0.2) is 0 Å². The number of nitrogens with zero attached hydrogens (tertiary/aromatic N) is 2. The Bertz CT molecular complexity index is 692. The number of rotatable bonds is 9. The lowest BCUT2D eigenvalue weighted by Crippen LogP contribution is -2.38. The van der Waals surface area contributed by atoms with Crippen LogP contribution in [0.5, 0.6) is 0 Å². The Labute approximate surface area is 162 Å². The molecule has 1 saturated heterocycles. The highest BCUT2D eigenvalue weighted by atomic mass is 16.2. The minimum absolute atomic E-state index is 0.123. The van der Waals surface area contributed by atoms with Gasteiger partial charge in [0.2, 0.25) is 5.91 Å². The Kier molecular flexibility index (Phi) is 7.11. The molecule has 3 rings (SSSR count). The number of carbonyl (C=O) groups excluding carboxylic acids is 1. The van der Waals surface area contributed by atoms with Crippen LogP contribution < -0.4 is 15.5 Å². The summed E-state index contributed by atoms with van der Waals surface area (Å²) in [6.07, 6.45) is 2.01. The number of carbonyl (C=O) groups is 1. The van der Waals surface area contributed by atoms with Gasteiger partial charge in [0.25, 0.3) is 0 Å². The average Bonchev–Trinajstić information content (AvgIpc) is 3.13. The van der Waals surface area contributed by atoms with E-state index in [1.54, 1.807) is 0 Å². The molecule has 144 valence electrons. The summed E-state index contributed by atoms with van der Waals surface area (Å²) >= 11 is 0. The maximum absolute atomic E-state index is 12.2. The van der Waals surface area contributed by atoms with Crippen molar-refractivity contribution in [1.29, 1.82) is 0 Å². The first-order valence-corrected chi connectivity index (χ1v) is 9.77. The van der Waals surface area contributed by atoms with Gasteiger partial charge in [0.15, 0.2) is 0 Å². The Morgan fingerprint density at radius 3 is 2.56 bits per heavy atom. The molecule has 1 atom stereocenters. The summed E-state index contributed by atoms with van der Waals surface area (Å²) in [6, 6.07) is 21.0. The minimum atomic E-state index is 0.123. The van der Waals surface area contributed by atoms with Gasteiger partial charge in [-0.2, -0.15) is 0 Å². The molecule has 1 fully saturated rings. The predicted molar refractivity (Wildman–Crippen MR) is 112 cm³/mol. The van der Waals surface area contributed by atoms with Crippen LogP contribution in [0.4, 0.5) is 11.4 Å². The second-order valence-corrected chi connectivity index (χ2v) is 7.19. The maximum Gasteiger partial charge on any atom is 0.234 e. The molecule has 5 heteroatoms. The lowest BCUT2D eigenvalue weighted by Gasteiger charge is -2.20. The van der Waals surface area contributed by atoms with E-state index in [0.29, 0.717) is 12.6 Å². The second-order valence-electron chi connectivity index (χ2n) is 7.19. The van der Waals surface area contributed by atoms with Crippen molar-refractivity contribution >= 4 is 17.3 Å². The average molecular weight is 367 g/mol. The number of hydrogen-bond donors (Lipinski definition) is 2. The monoisotopic (exact) mass is 366 g/mol. The van der Waals surface area contributed by atoms with E-state index in [1.807, 2.05) is 36.4 Å². The van der Waals surface area contributed by atoms with Crippen molar-refractivity contribution < 1.29 is 4.79 Å². The summed E-state index contributed by atoms with van der Waals surface area (Å²) in [5.74, 6) is 0.123. The summed E-state index contributed by atoms with van der Waals surface area (Å²) in [4.78, 5) is 16.6. The Morgan fingerprint density at radius 2 is 1.81 bits per heavy atom. The van der Waals surface area contributed by atoms with Crippen LogP contribution in [-0.2, 0) is 4.79 Å². The molecule has 2 aromatic rings. The van der Waals surface area contributed by atoms with Crippen LogP contribution >= 0.6 is 0 Å². The molecule has 1 amide bonds. The molecule has 0 bridgehead atoms. The Balaban J connectivity index is 1.29. The molecule has 1 aliphatic rings. The van der Waals surface area contributed by atoms with Crippen LogP contribution in [0.2, 0.25) is 0 Å². The van der Waals surface area contributed by atoms with E-state index < -0.39 is 0 Å². The van der Waals surface area contributed by atoms with Crippen LogP contribution in [0.25, 0.3) is 0 Å². The van der Waals surface area contributed by atoms with Crippen LogP contribution in [0, 0.1) is 0 Å². The van der Waals surface area contributed by atoms with Gasteiger partial charge in [0.1, 0.15) is 0 Å². The smallest absolute Gasteiger partial charge is 0.234 e. The quantitative estimate of drug-likeness (QED) is 0.670. The number of anilines is 2. The number of para-hydroxylation sites is 2. The number of amides is 1. The lowest BCUT2D eigenvalue weighted by atomic mass is 10.2. The fourth-order valence-corrected chi connectivity index (χ4v) is 3.48. The first-order chi connectivity index (χ1) is 13.2. The van der Waals surface area contributed by atoms with Gasteiger partial charge in [-0.1, -0.05) is 36.4 Å². The predicted octanol–water partition coefficient (Wildman–Crippen LogP) is 2.82. The number of benzene rings is 2. The van der Waals surface area contributed by atoms with Gasteiger partial charge >= 0.3 is 0 Å². The first kappa shape index (κ1) is 19.2. The second kappa shape index (κ2) is 9.97. The SMILES string of the molecule is CN(CCCNC(=O)CN1CCC(Nc2ccccc2)C1)c1ccccc1. The third-order valence-electron chi connectivity index (χ3n) is 4.97. The zero-order valence-corrected chi connectivity index (χ0v) is 16.1. The molecule has 0 aliphatic carbocycles. The van der Waals surface area contributed by atoms with E-state index in [2.05, 4.69) is 51.7 Å². The standard InChI is InChI=1S/C22H30N4O/c1-25(21-11-6-3-7-12-21)15-8-14-23-22(27)18-26-16-13-20(17-26)24-19-9-4-2-5-10-19/h2-7,9-12,20,24H,8,13-18H2,1H3,(H,23,27). The fourth-order valence-electron chi connectivity index (χ4n) is 3.48. The highest BCUT2D eigenvalue weighted by Crippen LogP contribution is 2.15. The summed E-state index contributed by atoms with van der Waals surface area (Å²) in [5.41, 5.74) is 2.36. The number of nitrogens with one attached hydrogen (secondary N) is 2. The van der Waals surface area contributed by atoms with Gasteiger partial charge in [-0.05, 0) is 37.1 Å². The van der Waals surface area contributed by atoms with E-state index in [-0.39, 0.29) is 5.91 Å². The van der Waals surface area contributed by atoms with Crippen molar-refractivity contribution in [2.45, 2.75) is 18.9 Å². The zero-order valence-electron chi connectivity index (χ0n) is 16.1. The highest BCUT2D eigenvalue weighted by molar-refractivity contribution is 5.78. The molecular weight excluding hydrogens is 336 g/mol. The summed E-state index contributed by atoms with van der Waals surface area (Å²) in [7, 11) is 2.08.